The van der Waals surface area contributed by atoms with Crippen molar-refractivity contribution >= 4 is 29.7 Å². The van der Waals surface area contributed by atoms with Crippen molar-refractivity contribution in [3.8, 4) is 11.1 Å². The molecule has 0 aliphatic carbocycles. The van der Waals surface area contributed by atoms with Crippen LogP contribution in [0, 0.1) is 0 Å². The molecule has 156 valence electrons. The Morgan fingerprint density at radius 2 is 1.90 bits per heavy atom. The fraction of sp³-hybridized carbons (Fsp3) is 0.208. The van der Waals surface area contributed by atoms with Gasteiger partial charge >= 0.3 is 0 Å². The summed E-state index contributed by atoms with van der Waals surface area (Å²) < 4.78 is 5.43. The van der Waals surface area contributed by atoms with E-state index in [1.807, 2.05) is 61.1 Å². The molecule has 1 unspecified atom stereocenters. The number of rotatable bonds is 5. The lowest BCUT2D eigenvalue weighted by molar-refractivity contribution is -0.109. The van der Waals surface area contributed by atoms with Crippen LogP contribution in [-0.2, 0) is 9.53 Å². The molecule has 7 nitrogen and oxygen atoms in total. The zero-order chi connectivity index (χ0) is 21.0. The zero-order valence-electron chi connectivity index (χ0n) is 17.0. The van der Waals surface area contributed by atoms with Crippen molar-refractivity contribution in [3.05, 3.63) is 72.2 Å². The van der Waals surface area contributed by atoms with Crippen LogP contribution in [0.5, 0.6) is 0 Å². The number of hydrogen-bond donors (Lipinski definition) is 2. The van der Waals surface area contributed by atoms with Crippen LogP contribution in [0.4, 0.5) is 17.3 Å². The first kappa shape index (κ1) is 19.3. The van der Waals surface area contributed by atoms with E-state index in [2.05, 4.69) is 31.6 Å². The Morgan fingerprint density at radius 3 is 2.65 bits per heavy atom. The van der Waals surface area contributed by atoms with Crippen molar-refractivity contribution in [1.82, 2.24) is 15.3 Å². The van der Waals surface area contributed by atoms with E-state index < -0.39 is 6.04 Å². The summed E-state index contributed by atoms with van der Waals surface area (Å²) >= 11 is 0. The third-order valence-corrected chi connectivity index (χ3v) is 5.56. The molecule has 2 N–H and O–H groups in total. The maximum absolute atomic E-state index is 11.8. The van der Waals surface area contributed by atoms with Crippen molar-refractivity contribution in [2.45, 2.75) is 6.04 Å². The van der Waals surface area contributed by atoms with Crippen LogP contribution in [-0.4, -0.2) is 42.6 Å². The van der Waals surface area contributed by atoms with Crippen LogP contribution in [0.15, 0.2) is 61.1 Å². The first-order valence-corrected chi connectivity index (χ1v) is 10.4. The summed E-state index contributed by atoms with van der Waals surface area (Å²) in [4.78, 5) is 23.4. The lowest BCUT2D eigenvalue weighted by atomic mass is 9.92. The summed E-state index contributed by atoms with van der Waals surface area (Å²) in [5.41, 5.74) is 4.62. The van der Waals surface area contributed by atoms with Crippen LogP contribution in [0.25, 0.3) is 17.2 Å². The minimum absolute atomic E-state index is 0.473. The van der Waals surface area contributed by atoms with Gasteiger partial charge in [-0.15, -0.1) is 0 Å². The topological polar surface area (TPSA) is 79.4 Å². The number of carbonyl (C=O) groups excluding carboxylic acids is 1. The molecule has 1 fully saturated rings. The summed E-state index contributed by atoms with van der Waals surface area (Å²) in [6.07, 6.45) is 8.42. The maximum Gasteiger partial charge on any atom is 0.146 e. The Bertz CT molecular complexity index is 1090. The van der Waals surface area contributed by atoms with E-state index in [0.717, 1.165) is 66.3 Å². The normalized spacial score (nSPS) is 17.5. The molecule has 4 heterocycles. The molecule has 1 aromatic carbocycles. The number of para-hydroxylation sites is 1. The molecule has 3 aromatic rings. The van der Waals surface area contributed by atoms with E-state index in [0.29, 0.717) is 5.82 Å². The number of pyridine rings is 2. The fourth-order valence-corrected chi connectivity index (χ4v) is 3.97. The van der Waals surface area contributed by atoms with Gasteiger partial charge < -0.3 is 25.1 Å². The van der Waals surface area contributed by atoms with Crippen LogP contribution in [0.3, 0.4) is 0 Å². The molecule has 0 saturated carbocycles. The molecular formula is C24H23N5O2. The number of carbonyl (C=O) groups is 1. The van der Waals surface area contributed by atoms with E-state index in [1.54, 1.807) is 0 Å². The van der Waals surface area contributed by atoms with Crippen LogP contribution < -0.4 is 15.5 Å². The first-order valence-electron chi connectivity index (χ1n) is 10.4. The molecular weight excluding hydrogens is 390 g/mol. The van der Waals surface area contributed by atoms with Gasteiger partial charge in [0.25, 0.3) is 0 Å². The second-order valence-corrected chi connectivity index (χ2v) is 7.46. The molecule has 2 aromatic heterocycles. The number of hydrogen-bond acceptors (Lipinski definition) is 7. The summed E-state index contributed by atoms with van der Waals surface area (Å²) in [7, 11) is 0. The van der Waals surface area contributed by atoms with Crippen LogP contribution in [0.1, 0.15) is 17.2 Å². The highest BCUT2D eigenvalue weighted by atomic mass is 16.5. The average Bonchev–Trinajstić information content (AvgIpc) is 2.85. The highest BCUT2D eigenvalue weighted by molar-refractivity contribution is 5.85. The SMILES string of the molecule is O=CC1NC=Cc2c(-c3ccc(N4CCOCC4)nc3)cnc(Nc3ccccc3)c21. The van der Waals surface area contributed by atoms with Gasteiger partial charge in [-0.2, -0.15) is 0 Å². The van der Waals surface area contributed by atoms with Crippen LogP contribution in [0.2, 0.25) is 0 Å². The lowest BCUT2D eigenvalue weighted by Gasteiger charge is -2.28. The predicted molar refractivity (Wildman–Crippen MR) is 121 cm³/mol. The van der Waals surface area contributed by atoms with E-state index >= 15 is 0 Å². The van der Waals surface area contributed by atoms with Gasteiger partial charge in [0.05, 0.1) is 13.2 Å². The smallest absolute Gasteiger partial charge is 0.146 e. The zero-order valence-corrected chi connectivity index (χ0v) is 17.0. The monoisotopic (exact) mass is 413 g/mol. The van der Waals surface area contributed by atoms with E-state index in [9.17, 15) is 4.79 Å². The molecule has 1 saturated heterocycles. The number of fused-ring (bicyclic) bond motifs is 1. The summed E-state index contributed by atoms with van der Waals surface area (Å²) in [5, 5.41) is 6.47. The molecule has 31 heavy (non-hydrogen) atoms. The van der Waals surface area contributed by atoms with Crippen LogP contribution >= 0.6 is 0 Å². The maximum atomic E-state index is 11.8. The van der Waals surface area contributed by atoms with Gasteiger partial charge in [-0.3, -0.25) is 0 Å². The van der Waals surface area contributed by atoms with E-state index in [-0.39, 0.29) is 0 Å². The van der Waals surface area contributed by atoms with Gasteiger partial charge in [-0.1, -0.05) is 18.2 Å². The third-order valence-electron chi connectivity index (χ3n) is 5.56. The molecule has 0 spiro atoms. The molecule has 0 amide bonds. The number of benzene rings is 1. The number of aromatic nitrogens is 2. The first-order chi connectivity index (χ1) is 15.3. The average molecular weight is 413 g/mol. The van der Waals surface area contributed by atoms with Gasteiger partial charge in [0.1, 0.15) is 24.0 Å². The standard InChI is InChI=1S/C24H23N5O2/c30-16-21-23-19(8-9-25-21)20(15-27-24(23)28-18-4-2-1-3-5-18)17-6-7-22(26-14-17)29-10-12-31-13-11-29/h1-9,14-16,21,25H,10-13H2,(H,27,28). The highest BCUT2D eigenvalue weighted by Crippen LogP contribution is 2.36. The van der Waals surface area contributed by atoms with Crippen molar-refractivity contribution in [2.24, 2.45) is 0 Å². The lowest BCUT2D eigenvalue weighted by Crippen LogP contribution is -2.36. The predicted octanol–water partition coefficient (Wildman–Crippen LogP) is 3.54. The summed E-state index contributed by atoms with van der Waals surface area (Å²) in [5.74, 6) is 1.61. The molecule has 0 bridgehead atoms. The Morgan fingerprint density at radius 1 is 1.06 bits per heavy atom. The minimum Gasteiger partial charge on any atom is -0.378 e. The molecule has 1 atom stereocenters. The van der Waals surface area contributed by atoms with Crippen molar-refractivity contribution in [3.63, 3.8) is 0 Å². The molecule has 2 aliphatic heterocycles. The number of morpholine rings is 1. The number of nitrogens with one attached hydrogen (secondary N) is 2. The van der Waals surface area contributed by atoms with Gasteiger partial charge in [0, 0.05) is 47.9 Å². The molecule has 2 aliphatic rings. The Balaban J connectivity index is 1.52. The number of ether oxygens (including phenoxy) is 1. The Hall–Kier alpha value is -3.71. The molecule has 7 heteroatoms. The fourth-order valence-electron chi connectivity index (χ4n) is 3.97. The molecule has 5 rings (SSSR count). The third kappa shape index (κ3) is 3.87. The minimum atomic E-state index is -0.473. The molecule has 0 radical (unpaired) electrons. The van der Waals surface area contributed by atoms with Gasteiger partial charge in [0.15, 0.2) is 0 Å². The van der Waals surface area contributed by atoms with E-state index in [4.69, 9.17) is 4.74 Å². The highest BCUT2D eigenvalue weighted by Gasteiger charge is 2.24. The summed E-state index contributed by atoms with van der Waals surface area (Å²) in [6.45, 7) is 3.14. The van der Waals surface area contributed by atoms with Crippen molar-refractivity contribution in [1.29, 1.82) is 0 Å². The largest absolute Gasteiger partial charge is 0.378 e. The quantitative estimate of drug-likeness (QED) is 0.620. The van der Waals surface area contributed by atoms with E-state index in [1.165, 1.54) is 0 Å². The van der Waals surface area contributed by atoms with Crippen molar-refractivity contribution < 1.29 is 9.53 Å². The van der Waals surface area contributed by atoms with Gasteiger partial charge in [-0.25, -0.2) is 9.97 Å². The Labute approximate surface area is 180 Å². The number of nitrogens with zero attached hydrogens (tertiary/aromatic N) is 3. The number of aldehydes is 1. The second kappa shape index (κ2) is 8.57. The second-order valence-electron chi connectivity index (χ2n) is 7.46. The van der Waals surface area contributed by atoms with Gasteiger partial charge in [-0.05, 0) is 42.1 Å². The van der Waals surface area contributed by atoms with Gasteiger partial charge in [0.2, 0.25) is 0 Å². The number of anilines is 3. The van der Waals surface area contributed by atoms with Crippen molar-refractivity contribution in [2.75, 3.05) is 36.5 Å². The Kier molecular flexibility index (Phi) is 5.33. The summed E-state index contributed by atoms with van der Waals surface area (Å²) in [6, 6.07) is 13.4.